The number of hydrogen-bond acceptors (Lipinski definition) is 4. The van der Waals surface area contributed by atoms with Crippen molar-refractivity contribution in [1.82, 2.24) is 10.2 Å². The van der Waals surface area contributed by atoms with Crippen molar-refractivity contribution in [3.05, 3.63) is 28.4 Å². The molecule has 0 amide bonds. The highest BCUT2D eigenvalue weighted by atomic mass is 35.5. The van der Waals surface area contributed by atoms with Crippen LogP contribution in [-0.4, -0.2) is 28.1 Å². The highest BCUT2D eigenvalue weighted by Crippen LogP contribution is 2.44. The number of nitrogens with zero attached hydrogens (tertiary/aromatic N) is 1. The largest absolute Gasteiger partial charge is 0.477 e. The van der Waals surface area contributed by atoms with E-state index in [-0.39, 0.29) is 12.5 Å². The maximum absolute atomic E-state index is 10.9. The molecule has 2 heterocycles. The molecule has 0 bridgehead atoms. The van der Waals surface area contributed by atoms with Gasteiger partial charge in [-0.25, -0.2) is 4.79 Å². The molecule has 6 nitrogen and oxygen atoms in total. The summed E-state index contributed by atoms with van der Waals surface area (Å²) >= 11 is 6.20. The lowest BCUT2D eigenvalue weighted by Crippen LogP contribution is -1.95. The number of ether oxygens (including phenoxy) is 2. The zero-order valence-electron chi connectivity index (χ0n) is 9.86. The fourth-order valence-corrected chi connectivity index (χ4v) is 2.38. The quantitative estimate of drug-likeness (QED) is 0.883. The maximum atomic E-state index is 10.9. The Balaban J connectivity index is 2.16. The fourth-order valence-electron chi connectivity index (χ4n) is 2.04. The molecule has 2 N–H and O–H groups in total. The molecule has 1 aliphatic heterocycles. The molecular formula is C12H9ClN2O4. The number of benzene rings is 1. The van der Waals surface area contributed by atoms with Crippen molar-refractivity contribution in [1.29, 1.82) is 0 Å². The minimum Gasteiger partial charge on any atom is -0.477 e. The molecule has 7 heteroatoms. The van der Waals surface area contributed by atoms with Gasteiger partial charge in [0.05, 0.1) is 10.7 Å². The lowest BCUT2D eigenvalue weighted by Gasteiger charge is -2.08. The van der Waals surface area contributed by atoms with Crippen molar-refractivity contribution in [2.45, 2.75) is 6.92 Å². The molecule has 19 heavy (non-hydrogen) atoms. The molecule has 0 radical (unpaired) electrons. The van der Waals surface area contributed by atoms with Gasteiger partial charge in [-0.1, -0.05) is 11.6 Å². The standard InChI is InChI=1S/C12H9ClN2O4/c1-5-10(7-3-8(12(16)17)15-14-7)6(13)2-9-11(5)19-4-18-9/h2-3H,4H2,1H3,(H,14,15)(H,16,17). The Morgan fingerprint density at radius 1 is 1.47 bits per heavy atom. The molecular weight excluding hydrogens is 272 g/mol. The zero-order valence-corrected chi connectivity index (χ0v) is 10.6. The van der Waals surface area contributed by atoms with Gasteiger partial charge >= 0.3 is 5.97 Å². The number of aromatic nitrogens is 2. The van der Waals surface area contributed by atoms with E-state index in [2.05, 4.69) is 10.2 Å². The van der Waals surface area contributed by atoms with E-state index in [1.54, 1.807) is 6.07 Å². The van der Waals surface area contributed by atoms with Crippen LogP contribution in [0.5, 0.6) is 11.5 Å². The number of H-pyrrole nitrogens is 1. The SMILES string of the molecule is Cc1c2c(cc(Cl)c1-c1cc(C(=O)O)[nH]n1)OCO2. The van der Waals surface area contributed by atoms with E-state index < -0.39 is 5.97 Å². The van der Waals surface area contributed by atoms with E-state index >= 15 is 0 Å². The van der Waals surface area contributed by atoms with Gasteiger partial charge in [0, 0.05) is 17.2 Å². The number of hydrogen-bond donors (Lipinski definition) is 2. The number of fused-ring (bicyclic) bond motifs is 1. The van der Waals surface area contributed by atoms with Crippen LogP contribution in [0.4, 0.5) is 0 Å². The van der Waals surface area contributed by atoms with Crippen LogP contribution in [0.25, 0.3) is 11.3 Å². The van der Waals surface area contributed by atoms with E-state index in [1.165, 1.54) is 6.07 Å². The third kappa shape index (κ3) is 1.80. The Kier molecular flexibility index (Phi) is 2.60. The number of halogens is 1. The van der Waals surface area contributed by atoms with E-state index in [0.29, 0.717) is 27.8 Å². The van der Waals surface area contributed by atoms with Crippen LogP contribution in [0.15, 0.2) is 12.1 Å². The first-order chi connectivity index (χ1) is 9.08. The molecule has 1 aromatic heterocycles. The zero-order chi connectivity index (χ0) is 13.6. The number of carboxylic acid groups (broad SMARTS) is 1. The van der Waals surface area contributed by atoms with Gasteiger partial charge in [-0.2, -0.15) is 5.10 Å². The highest BCUT2D eigenvalue weighted by molar-refractivity contribution is 6.33. The van der Waals surface area contributed by atoms with Crippen molar-refractivity contribution in [3.8, 4) is 22.8 Å². The van der Waals surface area contributed by atoms with Crippen molar-refractivity contribution >= 4 is 17.6 Å². The molecule has 0 saturated carbocycles. The van der Waals surface area contributed by atoms with E-state index in [1.807, 2.05) is 6.92 Å². The number of aromatic carboxylic acids is 1. The molecule has 0 aliphatic carbocycles. The average Bonchev–Trinajstić information content (AvgIpc) is 2.97. The molecule has 0 spiro atoms. The van der Waals surface area contributed by atoms with Crippen molar-refractivity contribution in [2.75, 3.05) is 6.79 Å². The third-order valence-corrected chi connectivity index (χ3v) is 3.22. The van der Waals surface area contributed by atoms with Crippen molar-refractivity contribution in [3.63, 3.8) is 0 Å². The smallest absolute Gasteiger partial charge is 0.353 e. The van der Waals surface area contributed by atoms with Crippen LogP contribution >= 0.6 is 11.6 Å². The second-order valence-corrected chi connectivity index (χ2v) is 4.47. The summed E-state index contributed by atoms with van der Waals surface area (Å²) in [7, 11) is 0. The van der Waals surface area contributed by atoms with Gasteiger partial charge in [-0.15, -0.1) is 0 Å². The first kappa shape index (κ1) is 11.9. The van der Waals surface area contributed by atoms with Crippen molar-refractivity contribution < 1.29 is 19.4 Å². The van der Waals surface area contributed by atoms with Crippen LogP contribution in [-0.2, 0) is 0 Å². The summed E-state index contributed by atoms with van der Waals surface area (Å²) in [4.78, 5) is 10.9. The van der Waals surface area contributed by atoms with E-state index in [9.17, 15) is 4.79 Å². The second-order valence-electron chi connectivity index (χ2n) is 4.06. The summed E-state index contributed by atoms with van der Waals surface area (Å²) in [5.41, 5.74) is 1.86. The van der Waals surface area contributed by atoms with Gasteiger partial charge in [0.1, 0.15) is 5.69 Å². The number of rotatable bonds is 2. The fraction of sp³-hybridized carbons (Fsp3) is 0.167. The Bertz CT molecular complexity index is 681. The molecule has 1 aliphatic rings. The number of aromatic amines is 1. The van der Waals surface area contributed by atoms with Crippen LogP contribution in [0.1, 0.15) is 16.1 Å². The molecule has 0 saturated heterocycles. The third-order valence-electron chi connectivity index (χ3n) is 2.92. The topological polar surface area (TPSA) is 84.4 Å². The number of nitrogens with one attached hydrogen (secondary N) is 1. The predicted molar refractivity (Wildman–Crippen MR) is 66.9 cm³/mol. The predicted octanol–water partition coefficient (Wildman–Crippen LogP) is 2.47. The maximum Gasteiger partial charge on any atom is 0.353 e. The molecule has 0 atom stereocenters. The van der Waals surface area contributed by atoms with Gasteiger partial charge < -0.3 is 14.6 Å². The lowest BCUT2D eigenvalue weighted by molar-refractivity contribution is 0.0690. The molecule has 2 aromatic rings. The van der Waals surface area contributed by atoms with Crippen LogP contribution in [0, 0.1) is 6.92 Å². The number of carbonyl (C=O) groups is 1. The Morgan fingerprint density at radius 3 is 2.95 bits per heavy atom. The molecule has 3 rings (SSSR count). The van der Waals surface area contributed by atoms with Crippen LogP contribution < -0.4 is 9.47 Å². The van der Waals surface area contributed by atoms with Crippen molar-refractivity contribution in [2.24, 2.45) is 0 Å². The van der Waals surface area contributed by atoms with E-state index in [0.717, 1.165) is 5.56 Å². The average molecular weight is 281 g/mol. The summed E-state index contributed by atoms with van der Waals surface area (Å²) in [5, 5.41) is 15.7. The highest BCUT2D eigenvalue weighted by Gasteiger charge is 2.23. The summed E-state index contributed by atoms with van der Waals surface area (Å²) in [6.07, 6.45) is 0. The Hall–Kier alpha value is -2.21. The monoisotopic (exact) mass is 280 g/mol. The first-order valence-electron chi connectivity index (χ1n) is 5.45. The summed E-state index contributed by atoms with van der Waals surface area (Å²) < 4.78 is 10.6. The van der Waals surface area contributed by atoms with Crippen LogP contribution in [0.3, 0.4) is 0 Å². The number of carboxylic acids is 1. The Morgan fingerprint density at radius 2 is 2.26 bits per heavy atom. The van der Waals surface area contributed by atoms with Gasteiger partial charge in [0.2, 0.25) is 6.79 Å². The lowest BCUT2D eigenvalue weighted by atomic mass is 10.0. The summed E-state index contributed by atoms with van der Waals surface area (Å²) in [6, 6.07) is 3.07. The van der Waals surface area contributed by atoms with Gasteiger partial charge in [0.25, 0.3) is 0 Å². The Labute approximate surface area is 112 Å². The summed E-state index contributed by atoms with van der Waals surface area (Å²) in [5.74, 6) is 0.118. The first-order valence-corrected chi connectivity index (χ1v) is 5.83. The molecule has 98 valence electrons. The van der Waals surface area contributed by atoms with Gasteiger partial charge in [-0.05, 0) is 13.0 Å². The summed E-state index contributed by atoms with van der Waals surface area (Å²) in [6.45, 7) is 1.97. The molecule has 0 fully saturated rings. The molecule has 0 unspecified atom stereocenters. The minimum absolute atomic E-state index is 0.00290. The minimum atomic E-state index is -1.08. The normalized spacial score (nSPS) is 12.7. The van der Waals surface area contributed by atoms with Gasteiger partial charge in [0.15, 0.2) is 11.5 Å². The van der Waals surface area contributed by atoms with E-state index in [4.69, 9.17) is 26.2 Å². The van der Waals surface area contributed by atoms with Crippen LogP contribution in [0.2, 0.25) is 5.02 Å². The van der Waals surface area contributed by atoms with Gasteiger partial charge in [-0.3, -0.25) is 5.10 Å². The second kappa shape index (κ2) is 4.17. The molecule has 1 aromatic carbocycles.